The van der Waals surface area contributed by atoms with E-state index in [1.807, 2.05) is 36.0 Å². The molecule has 1 aliphatic heterocycles. The Morgan fingerprint density at radius 2 is 2.29 bits per heavy atom. The highest BCUT2D eigenvalue weighted by atomic mass is 16.5. The average molecular weight is 326 g/mol. The smallest absolute Gasteiger partial charge is 0.213 e. The SMILES string of the molecule is COc1cc(C=O)c(OCN2CC=CC=C2c2ccnn2C)cn1. The second-order valence-corrected chi connectivity index (χ2v) is 5.20. The number of aldehydes is 1. The maximum Gasteiger partial charge on any atom is 0.213 e. The van der Waals surface area contributed by atoms with Crippen molar-refractivity contribution in [3.05, 3.63) is 54.0 Å². The van der Waals surface area contributed by atoms with Crippen LogP contribution in [0.15, 0.2) is 42.8 Å². The lowest BCUT2D eigenvalue weighted by atomic mass is 10.2. The van der Waals surface area contributed by atoms with E-state index in [4.69, 9.17) is 9.47 Å². The number of carbonyl (C=O) groups is 1. The average Bonchev–Trinajstić information content (AvgIpc) is 3.05. The van der Waals surface area contributed by atoms with Crippen LogP contribution in [-0.4, -0.2) is 46.3 Å². The zero-order valence-corrected chi connectivity index (χ0v) is 13.5. The standard InChI is InChI=1S/C17H18N4O3/c1-20-14(6-7-19-20)15-5-3-4-8-21(15)12-24-16-10-18-17(23-2)9-13(16)11-22/h3-7,9-11H,8,12H2,1-2H3. The van der Waals surface area contributed by atoms with Gasteiger partial charge in [0, 0.05) is 25.9 Å². The fourth-order valence-electron chi connectivity index (χ4n) is 2.46. The van der Waals surface area contributed by atoms with Gasteiger partial charge in [-0.3, -0.25) is 9.48 Å². The van der Waals surface area contributed by atoms with Crippen molar-refractivity contribution in [2.24, 2.45) is 7.05 Å². The van der Waals surface area contributed by atoms with Crippen LogP contribution < -0.4 is 9.47 Å². The van der Waals surface area contributed by atoms with Gasteiger partial charge < -0.3 is 14.4 Å². The Morgan fingerprint density at radius 1 is 1.42 bits per heavy atom. The molecule has 24 heavy (non-hydrogen) atoms. The van der Waals surface area contributed by atoms with Crippen LogP contribution >= 0.6 is 0 Å². The minimum atomic E-state index is 0.288. The summed E-state index contributed by atoms with van der Waals surface area (Å²) in [5.41, 5.74) is 2.40. The Morgan fingerprint density at radius 3 is 3.00 bits per heavy atom. The number of nitrogens with zero attached hydrogens (tertiary/aromatic N) is 4. The predicted molar refractivity (Wildman–Crippen MR) is 88.7 cm³/mol. The third-order valence-electron chi connectivity index (χ3n) is 3.72. The number of aryl methyl sites for hydroxylation is 1. The molecule has 2 aromatic rings. The van der Waals surface area contributed by atoms with Crippen molar-refractivity contribution in [3.8, 4) is 11.6 Å². The summed E-state index contributed by atoms with van der Waals surface area (Å²) in [7, 11) is 3.40. The van der Waals surface area contributed by atoms with Crippen LogP contribution in [0.3, 0.4) is 0 Å². The van der Waals surface area contributed by atoms with Crippen molar-refractivity contribution in [3.63, 3.8) is 0 Å². The summed E-state index contributed by atoms with van der Waals surface area (Å²) in [5.74, 6) is 0.797. The number of pyridine rings is 1. The van der Waals surface area contributed by atoms with E-state index in [-0.39, 0.29) is 6.73 Å². The van der Waals surface area contributed by atoms with Gasteiger partial charge >= 0.3 is 0 Å². The van der Waals surface area contributed by atoms with Gasteiger partial charge in [0.25, 0.3) is 0 Å². The molecule has 0 amide bonds. The Hall–Kier alpha value is -3.09. The number of allylic oxidation sites excluding steroid dienone is 2. The Balaban J connectivity index is 1.77. The summed E-state index contributed by atoms with van der Waals surface area (Å²) in [4.78, 5) is 17.4. The van der Waals surface area contributed by atoms with Crippen LogP contribution in [0.2, 0.25) is 0 Å². The highest BCUT2D eigenvalue weighted by Crippen LogP contribution is 2.24. The molecule has 3 rings (SSSR count). The quantitative estimate of drug-likeness (QED) is 0.755. The fraction of sp³-hybridized carbons (Fsp3) is 0.235. The number of hydrogen-bond acceptors (Lipinski definition) is 6. The number of carbonyl (C=O) groups excluding carboxylic acids is 1. The van der Waals surface area contributed by atoms with E-state index >= 15 is 0 Å². The van der Waals surface area contributed by atoms with Crippen molar-refractivity contribution in [2.45, 2.75) is 0 Å². The van der Waals surface area contributed by atoms with E-state index in [1.165, 1.54) is 13.3 Å². The maximum absolute atomic E-state index is 11.2. The first-order chi connectivity index (χ1) is 11.7. The van der Waals surface area contributed by atoms with Crippen molar-refractivity contribution in [1.29, 1.82) is 0 Å². The number of rotatable bonds is 6. The first-order valence-electron chi connectivity index (χ1n) is 7.45. The molecule has 0 saturated carbocycles. The van der Waals surface area contributed by atoms with E-state index in [9.17, 15) is 4.79 Å². The molecule has 0 unspecified atom stereocenters. The molecule has 3 heterocycles. The molecular weight excluding hydrogens is 308 g/mol. The van der Waals surface area contributed by atoms with Crippen molar-refractivity contribution < 1.29 is 14.3 Å². The lowest BCUT2D eigenvalue weighted by molar-refractivity contribution is 0.111. The molecular formula is C17H18N4O3. The summed E-state index contributed by atoms with van der Waals surface area (Å²) < 4.78 is 12.6. The van der Waals surface area contributed by atoms with Crippen LogP contribution in [0.4, 0.5) is 0 Å². The van der Waals surface area contributed by atoms with E-state index in [2.05, 4.69) is 15.0 Å². The van der Waals surface area contributed by atoms with Crippen molar-refractivity contribution in [1.82, 2.24) is 19.7 Å². The summed E-state index contributed by atoms with van der Waals surface area (Å²) in [6, 6.07) is 3.50. The minimum absolute atomic E-state index is 0.288. The van der Waals surface area contributed by atoms with Crippen LogP contribution in [0, 0.1) is 0 Å². The maximum atomic E-state index is 11.2. The van der Waals surface area contributed by atoms with Crippen LogP contribution in [0.5, 0.6) is 11.6 Å². The van der Waals surface area contributed by atoms with E-state index in [1.54, 1.807) is 12.3 Å². The molecule has 0 spiro atoms. The van der Waals surface area contributed by atoms with Gasteiger partial charge in [0.05, 0.1) is 30.3 Å². The summed E-state index contributed by atoms with van der Waals surface area (Å²) in [5, 5.41) is 4.21. The highest BCUT2D eigenvalue weighted by molar-refractivity contribution is 5.79. The van der Waals surface area contributed by atoms with Crippen LogP contribution in [-0.2, 0) is 7.05 Å². The number of aromatic nitrogens is 3. The molecule has 0 atom stereocenters. The minimum Gasteiger partial charge on any atom is -0.481 e. The molecule has 0 aromatic carbocycles. The molecule has 0 saturated heterocycles. The predicted octanol–water partition coefficient (Wildman–Crippen LogP) is 1.89. The molecule has 1 aliphatic rings. The molecule has 7 heteroatoms. The monoisotopic (exact) mass is 326 g/mol. The molecule has 0 aliphatic carbocycles. The molecule has 0 fully saturated rings. The summed E-state index contributed by atoms with van der Waals surface area (Å²) in [6.07, 6.45) is 10.0. The third kappa shape index (κ3) is 3.15. The third-order valence-corrected chi connectivity index (χ3v) is 3.72. The Labute approximate surface area is 139 Å². The van der Waals surface area contributed by atoms with Crippen molar-refractivity contribution >= 4 is 12.0 Å². The van der Waals surface area contributed by atoms with Gasteiger partial charge in [-0.15, -0.1) is 0 Å². The number of hydrogen-bond donors (Lipinski definition) is 0. The van der Waals surface area contributed by atoms with Gasteiger partial charge in [0.15, 0.2) is 18.8 Å². The highest BCUT2D eigenvalue weighted by Gasteiger charge is 2.17. The molecule has 0 N–H and O–H groups in total. The fourth-order valence-corrected chi connectivity index (χ4v) is 2.46. The second kappa shape index (κ2) is 6.99. The zero-order valence-electron chi connectivity index (χ0n) is 13.5. The molecule has 0 radical (unpaired) electrons. The molecule has 124 valence electrons. The topological polar surface area (TPSA) is 69.5 Å². The summed E-state index contributed by atoms with van der Waals surface area (Å²) >= 11 is 0. The molecule has 2 aromatic heterocycles. The molecule has 0 bridgehead atoms. The van der Waals surface area contributed by atoms with E-state index in [0.717, 1.165) is 17.7 Å². The number of ether oxygens (including phenoxy) is 2. The van der Waals surface area contributed by atoms with Gasteiger partial charge in [-0.2, -0.15) is 5.10 Å². The first kappa shape index (κ1) is 15.8. The van der Waals surface area contributed by atoms with Gasteiger partial charge in [0.1, 0.15) is 0 Å². The van der Waals surface area contributed by atoms with Gasteiger partial charge in [-0.25, -0.2) is 4.98 Å². The molecule has 7 nitrogen and oxygen atoms in total. The first-order valence-corrected chi connectivity index (χ1v) is 7.45. The van der Waals surface area contributed by atoms with E-state index < -0.39 is 0 Å². The number of methoxy groups -OCH3 is 1. The van der Waals surface area contributed by atoms with Crippen molar-refractivity contribution in [2.75, 3.05) is 20.4 Å². The van der Waals surface area contributed by atoms with E-state index in [0.29, 0.717) is 23.7 Å². The lowest BCUT2D eigenvalue weighted by Crippen LogP contribution is -2.29. The van der Waals surface area contributed by atoms with Gasteiger partial charge in [-0.1, -0.05) is 12.2 Å². The second-order valence-electron chi connectivity index (χ2n) is 5.20. The van der Waals surface area contributed by atoms with Gasteiger partial charge in [0.2, 0.25) is 5.88 Å². The Kier molecular flexibility index (Phi) is 4.60. The largest absolute Gasteiger partial charge is 0.481 e. The normalized spacial score (nSPS) is 13.6. The summed E-state index contributed by atoms with van der Waals surface area (Å²) in [6.45, 7) is 0.993. The van der Waals surface area contributed by atoms with Gasteiger partial charge in [-0.05, 0) is 12.1 Å². The van der Waals surface area contributed by atoms with Crippen LogP contribution in [0.25, 0.3) is 5.70 Å². The van der Waals surface area contributed by atoms with Crippen LogP contribution in [0.1, 0.15) is 16.1 Å². The zero-order chi connectivity index (χ0) is 16.9. The lowest BCUT2D eigenvalue weighted by Gasteiger charge is -2.28. The Bertz CT molecular complexity index is 795.